The minimum atomic E-state index is -0.541. The van der Waals surface area contributed by atoms with Gasteiger partial charge in [0.1, 0.15) is 18.5 Å². The third kappa shape index (κ3) is 4.40. The highest BCUT2D eigenvalue weighted by Crippen LogP contribution is 2.34. The van der Waals surface area contributed by atoms with Crippen LogP contribution in [-0.2, 0) is 4.79 Å². The Morgan fingerprint density at radius 2 is 2.30 bits per heavy atom. The summed E-state index contributed by atoms with van der Waals surface area (Å²) in [6.45, 7) is 4.81. The van der Waals surface area contributed by atoms with E-state index in [1.807, 2.05) is 26.0 Å². The summed E-state index contributed by atoms with van der Waals surface area (Å²) in [5, 5.41) is 15.7. The fourth-order valence-corrected chi connectivity index (χ4v) is 2.60. The molecule has 5 nitrogen and oxygen atoms in total. The number of ether oxygens (including phenoxy) is 1. The lowest BCUT2D eigenvalue weighted by atomic mass is 10.3. The first-order valence-electron chi connectivity index (χ1n) is 6.65. The summed E-state index contributed by atoms with van der Waals surface area (Å²) in [5.74, 6) is 1.15. The third-order valence-electron chi connectivity index (χ3n) is 2.79. The van der Waals surface area contributed by atoms with Gasteiger partial charge in [0.15, 0.2) is 0 Å². The van der Waals surface area contributed by atoms with Crippen LogP contribution in [0.4, 0.5) is 5.69 Å². The summed E-state index contributed by atoms with van der Waals surface area (Å²) in [7, 11) is 0. The minimum Gasteiger partial charge on any atom is -0.491 e. The molecule has 0 radical (unpaired) electrons. The maximum atomic E-state index is 11.2. The second kappa shape index (κ2) is 6.97. The van der Waals surface area contributed by atoms with Crippen molar-refractivity contribution in [2.24, 2.45) is 0 Å². The molecule has 1 atom stereocenters. The molecule has 20 heavy (non-hydrogen) atoms. The van der Waals surface area contributed by atoms with Crippen LogP contribution in [0.1, 0.15) is 13.8 Å². The molecule has 0 saturated heterocycles. The molecule has 1 aliphatic rings. The van der Waals surface area contributed by atoms with Gasteiger partial charge < -0.3 is 20.5 Å². The summed E-state index contributed by atoms with van der Waals surface area (Å²) >= 11 is 1.49. The average Bonchev–Trinajstić information content (AvgIpc) is 2.42. The first kappa shape index (κ1) is 15.2. The molecule has 0 aromatic heterocycles. The standard InChI is InChI=1S/C14H20N2O3S/c1-9(2)15-6-10(17)7-19-11-3-4-12-13(5-11)20-8-14(18)16-12/h3-5,9-10,15,17H,6-8H2,1-2H3,(H,16,18). The first-order valence-corrected chi connectivity index (χ1v) is 7.64. The van der Waals surface area contributed by atoms with Gasteiger partial charge in [0.2, 0.25) is 5.91 Å². The van der Waals surface area contributed by atoms with Gasteiger partial charge in [0, 0.05) is 17.5 Å². The van der Waals surface area contributed by atoms with Crippen LogP contribution in [0.25, 0.3) is 0 Å². The number of amides is 1. The molecule has 0 saturated carbocycles. The van der Waals surface area contributed by atoms with Crippen molar-refractivity contribution >= 4 is 23.4 Å². The van der Waals surface area contributed by atoms with Crippen LogP contribution >= 0.6 is 11.8 Å². The van der Waals surface area contributed by atoms with Crippen LogP contribution in [0, 0.1) is 0 Å². The Morgan fingerprint density at radius 1 is 1.50 bits per heavy atom. The number of fused-ring (bicyclic) bond motifs is 1. The first-order chi connectivity index (χ1) is 9.54. The maximum Gasteiger partial charge on any atom is 0.234 e. The lowest BCUT2D eigenvalue weighted by molar-refractivity contribution is -0.113. The number of aliphatic hydroxyl groups excluding tert-OH is 1. The summed E-state index contributed by atoms with van der Waals surface area (Å²) in [5.41, 5.74) is 0.820. The Balaban J connectivity index is 1.86. The molecule has 1 aromatic carbocycles. The van der Waals surface area contributed by atoms with Crippen molar-refractivity contribution in [3.8, 4) is 5.75 Å². The van der Waals surface area contributed by atoms with E-state index in [1.165, 1.54) is 11.8 Å². The molecule has 1 amide bonds. The van der Waals surface area contributed by atoms with Crippen LogP contribution in [0.15, 0.2) is 23.1 Å². The normalized spacial score (nSPS) is 15.7. The lowest BCUT2D eigenvalue weighted by Crippen LogP contribution is -2.35. The van der Waals surface area contributed by atoms with Crippen molar-refractivity contribution in [3.63, 3.8) is 0 Å². The SMILES string of the molecule is CC(C)NCC(O)COc1ccc2c(c1)SCC(=O)N2. The van der Waals surface area contributed by atoms with Crippen LogP contribution in [0.3, 0.4) is 0 Å². The van der Waals surface area contributed by atoms with Gasteiger partial charge in [-0.1, -0.05) is 13.8 Å². The molecule has 0 fully saturated rings. The van der Waals surface area contributed by atoms with Crippen LogP contribution < -0.4 is 15.4 Å². The monoisotopic (exact) mass is 296 g/mol. The average molecular weight is 296 g/mol. The van der Waals surface area contributed by atoms with E-state index < -0.39 is 6.10 Å². The quantitative estimate of drug-likeness (QED) is 0.741. The molecule has 0 bridgehead atoms. The van der Waals surface area contributed by atoms with Gasteiger partial charge in [-0.2, -0.15) is 0 Å². The van der Waals surface area contributed by atoms with E-state index in [0.29, 0.717) is 24.1 Å². The van der Waals surface area contributed by atoms with Crippen LogP contribution in [0.5, 0.6) is 5.75 Å². The summed E-state index contributed by atoms with van der Waals surface area (Å²) in [4.78, 5) is 12.2. The number of carbonyl (C=O) groups excluding carboxylic acids is 1. The van der Waals surface area contributed by atoms with Gasteiger partial charge in [-0.25, -0.2) is 0 Å². The number of carbonyl (C=O) groups is 1. The van der Waals surface area contributed by atoms with Gasteiger partial charge in [-0.15, -0.1) is 11.8 Å². The highest BCUT2D eigenvalue weighted by Gasteiger charge is 2.16. The Labute approximate surface area is 123 Å². The van der Waals surface area contributed by atoms with E-state index in [1.54, 1.807) is 6.07 Å². The van der Waals surface area contributed by atoms with Crippen molar-refractivity contribution < 1.29 is 14.6 Å². The Bertz CT molecular complexity index is 479. The molecule has 1 aliphatic heterocycles. The molecule has 110 valence electrons. The van der Waals surface area contributed by atoms with Crippen molar-refractivity contribution in [2.45, 2.75) is 30.9 Å². The van der Waals surface area contributed by atoms with Gasteiger partial charge >= 0.3 is 0 Å². The lowest BCUT2D eigenvalue weighted by Gasteiger charge is -2.18. The Hall–Kier alpha value is -1.24. The van der Waals surface area contributed by atoms with Gasteiger partial charge in [-0.3, -0.25) is 4.79 Å². The van der Waals surface area contributed by atoms with Crippen LogP contribution in [-0.4, -0.2) is 42.1 Å². The summed E-state index contributed by atoms with van der Waals surface area (Å²) < 4.78 is 5.58. The number of anilines is 1. The topological polar surface area (TPSA) is 70.6 Å². The molecule has 3 N–H and O–H groups in total. The molecule has 6 heteroatoms. The van der Waals surface area contributed by atoms with Crippen molar-refractivity contribution in [3.05, 3.63) is 18.2 Å². The predicted molar refractivity (Wildman–Crippen MR) is 80.4 cm³/mol. The van der Waals surface area contributed by atoms with Gasteiger partial charge in [0.25, 0.3) is 0 Å². The zero-order valence-corrected chi connectivity index (χ0v) is 12.5. The highest BCUT2D eigenvalue weighted by atomic mass is 32.2. The number of nitrogens with one attached hydrogen (secondary N) is 2. The smallest absolute Gasteiger partial charge is 0.234 e. The molecular weight excluding hydrogens is 276 g/mol. The van der Waals surface area contributed by atoms with E-state index in [0.717, 1.165) is 10.6 Å². The second-order valence-corrected chi connectivity index (χ2v) is 6.04. The highest BCUT2D eigenvalue weighted by molar-refractivity contribution is 8.00. The maximum absolute atomic E-state index is 11.2. The molecule has 0 spiro atoms. The Kier molecular flexibility index (Phi) is 5.28. The minimum absolute atomic E-state index is 0.0198. The number of thioether (sulfide) groups is 1. The number of hydrogen-bond acceptors (Lipinski definition) is 5. The Morgan fingerprint density at radius 3 is 3.05 bits per heavy atom. The van der Waals surface area contributed by atoms with E-state index in [9.17, 15) is 9.90 Å². The zero-order chi connectivity index (χ0) is 14.5. The summed E-state index contributed by atoms with van der Waals surface area (Å²) in [6.07, 6.45) is -0.541. The molecule has 1 aromatic rings. The molecular formula is C14H20N2O3S. The molecule has 0 aliphatic carbocycles. The van der Waals surface area contributed by atoms with Crippen molar-refractivity contribution in [1.82, 2.24) is 5.32 Å². The largest absolute Gasteiger partial charge is 0.491 e. The van der Waals surface area contributed by atoms with E-state index in [2.05, 4.69) is 10.6 Å². The number of benzene rings is 1. The van der Waals surface area contributed by atoms with Crippen LogP contribution in [0.2, 0.25) is 0 Å². The number of hydrogen-bond donors (Lipinski definition) is 3. The van der Waals surface area contributed by atoms with E-state index in [4.69, 9.17) is 4.74 Å². The fraction of sp³-hybridized carbons (Fsp3) is 0.500. The zero-order valence-electron chi connectivity index (χ0n) is 11.7. The summed E-state index contributed by atoms with van der Waals surface area (Å²) in [6, 6.07) is 5.86. The predicted octanol–water partition coefficient (Wildman–Crippen LogP) is 1.47. The van der Waals surface area contributed by atoms with E-state index >= 15 is 0 Å². The molecule has 1 heterocycles. The fourth-order valence-electron chi connectivity index (χ4n) is 1.77. The van der Waals surface area contributed by atoms with Crippen molar-refractivity contribution in [1.29, 1.82) is 0 Å². The number of rotatable bonds is 6. The van der Waals surface area contributed by atoms with Gasteiger partial charge in [0.05, 0.1) is 11.4 Å². The third-order valence-corrected chi connectivity index (χ3v) is 3.85. The van der Waals surface area contributed by atoms with Crippen molar-refractivity contribution in [2.75, 3.05) is 24.2 Å². The van der Waals surface area contributed by atoms with Gasteiger partial charge in [-0.05, 0) is 18.2 Å². The second-order valence-electron chi connectivity index (χ2n) is 5.02. The van der Waals surface area contributed by atoms with E-state index in [-0.39, 0.29) is 12.5 Å². The number of aliphatic hydroxyl groups is 1. The molecule has 2 rings (SSSR count). The molecule has 1 unspecified atom stereocenters.